The highest BCUT2D eigenvalue weighted by molar-refractivity contribution is 5.46. The number of rotatable bonds is 6. The molecule has 0 amide bonds. The molecule has 4 nitrogen and oxygen atoms in total. The average Bonchev–Trinajstić information content (AvgIpc) is 2.48. The van der Waals surface area contributed by atoms with Gasteiger partial charge in [-0.05, 0) is 45.2 Å². The van der Waals surface area contributed by atoms with E-state index in [9.17, 15) is 5.11 Å². The molecule has 118 valence electrons. The minimum atomic E-state index is -0.272. The number of nitrogens with two attached hydrogens (primary N) is 1. The summed E-state index contributed by atoms with van der Waals surface area (Å²) in [4.78, 5) is 2.43. The molecule has 1 aromatic rings. The summed E-state index contributed by atoms with van der Waals surface area (Å²) in [6.45, 7) is 6.67. The zero-order chi connectivity index (χ0) is 15.3. The van der Waals surface area contributed by atoms with Crippen LogP contribution in [0.25, 0.3) is 0 Å². The summed E-state index contributed by atoms with van der Waals surface area (Å²) >= 11 is 0. The second kappa shape index (κ2) is 7.25. The summed E-state index contributed by atoms with van der Waals surface area (Å²) in [6.07, 6.45) is 2.58. The second-order valence-electron chi connectivity index (χ2n) is 6.44. The van der Waals surface area contributed by atoms with Crippen molar-refractivity contribution in [3.8, 4) is 0 Å². The molecule has 0 spiro atoms. The van der Waals surface area contributed by atoms with Crippen molar-refractivity contribution in [2.75, 3.05) is 24.5 Å². The van der Waals surface area contributed by atoms with Gasteiger partial charge in [0.2, 0.25) is 0 Å². The molecule has 0 aromatic heterocycles. The van der Waals surface area contributed by atoms with Gasteiger partial charge in [0.1, 0.15) is 0 Å². The molecule has 1 fully saturated rings. The Balaban J connectivity index is 1.93. The maximum atomic E-state index is 9.52. The lowest BCUT2D eigenvalue weighted by atomic mass is 9.86. The topological polar surface area (TPSA) is 61.5 Å². The van der Waals surface area contributed by atoms with Gasteiger partial charge in [0.25, 0.3) is 0 Å². The van der Waals surface area contributed by atoms with Crippen molar-refractivity contribution in [2.45, 2.75) is 50.8 Å². The molecule has 4 heteroatoms. The first kappa shape index (κ1) is 16.3. The SMILES string of the molecule is CC(O)CC(C)NC1(CN)CCN(c2ccccc2)CC1. The van der Waals surface area contributed by atoms with E-state index in [1.807, 2.05) is 6.92 Å². The number of piperidine rings is 1. The Kier molecular flexibility index (Phi) is 5.62. The van der Waals surface area contributed by atoms with Gasteiger partial charge in [0.15, 0.2) is 0 Å². The van der Waals surface area contributed by atoms with Crippen LogP contribution in [0.4, 0.5) is 5.69 Å². The molecule has 0 radical (unpaired) electrons. The summed E-state index contributed by atoms with van der Waals surface area (Å²) < 4.78 is 0. The predicted octanol–water partition coefficient (Wildman–Crippen LogP) is 1.73. The number of hydrogen-bond donors (Lipinski definition) is 3. The van der Waals surface area contributed by atoms with Gasteiger partial charge in [-0.2, -0.15) is 0 Å². The van der Waals surface area contributed by atoms with Crippen molar-refractivity contribution in [2.24, 2.45) is 5.73 Å². The Labute approximate surface area is 128 Å². The lowest BCUT2D eigenvalue weighted by Crippen LogP contribution is -2.60. The number of aliphatic hydroxyl groups is 1. The summed E-state index contributed by atoms with van der Waals surface area (Å²) in [5.41, 5.74) is 7.36. The van der Waals surface area contributed by atoms with Crippen molar-refractivity contribution in [3.63, 3.8) is 0 Å². The van der Waals surface area contributed by atoms with Gasteiger partial charge in [0.05, 0.1) is 6.10 Å². The molecule has 0 saturated carbocycles. The van der Waals surface area contributed by atoms with E-state index in [4.69, 9.17) is 5.73 Å². The van der Waals surface area contributed by atoms with E-state index >= 15 is 0 Å². The minimum absolute atomic E-state index is 0.0135. The molecule has 21 heavy (non-hydrogen) atoms. The van der Waals surface area contributed by atoms with E-state index in [1.165, 1.54) is 5.69 Å². The third-order valence-corrected chi connectivity index (χ3v) is 4.48. The quantitative estimate of drug-likeness (QED) is 0.747. The van der Waals surface area contributed by atoms with Crippen molar-refractivity contribution in [1.82, 2.24) is 5.32 Å². The van der Waals surface area contributed by atoms with Gasteiger partial charge in [-0.3, -0.25) is 0 Å². The Morgan fingerprint density at radius 1 is 1.24 bits per heavy atom. The molecular weight excluding hydrogens is 262 g/mol. The number of nitrogens with one attached hydrogen (secondary N) is 1. The number of para-hydroxylation sites is 1. The largest absolute Gasteiger partial charge is 0.393 e. The molecule has 2 rings (SSSR count). The standard InChI is InChI=1S/C17H29N3O/c1-14(12-15(2)21)19-17(13-18)8-10-20(11-9-17)16-6-4-3-5-7-16/h3-7,14-15,19,21H,8-13,18H2,1-2H3. The van der Waals surface area contributed by atoms with E-state index in [0.717, 1.165) is 32.4 Å². The highest BCUT2D eigenvalue weighted by Gasteiger charge is 2.34. The molecule has 1 aromatic carbocycles. The van der Waals surface area contributed by atoms with Crippen LogP contribution in [0.3, 0.4) is 0 Å². The third-order valence-electron chi connectivity index (χ3n) is 4.48. The Morgan fingerprint density at radius 2 is 1.86 bits per heavy atom. The predicted molar refractivity (Wildman–Crippen MR) is 88.6 cm³/mol. The van der Waals surface area contributed by atoms with Gasteiger partial charge in [-0.15, -0.1) is 0 Å². The Hall–Kier alpha value is -1.10. The fraction of sp³-hybridized carbons (Fsp3) is 0.647. The smallest absolute Gasteiger partial charge is 0.0526 e. The zero-order valence-electron chi connectivity index (χ0n) is 13.3. The average molecular weight is 291 g/mol. The molecule has 0 bridgehead atoms. The fourth-order valence-electron chi connectivity index (χ4n) is 3.33. The minimum Gasteiger partial charge on any atom is -0.393 e. The first-order valence-electron chi connectivity index (χ1n) is 8.00. The van der Waals surface area contributed by atoms with Crippen LogP contribution in [0.2, 0.25) is 0 Å². The third kappa shape index (κ3) is 4.43. The summed E-state index contributed by atoms with van der Waals surface area (Å²) in [5.74, 6) is 0. The van der Waals surface area contributed by atoms with Crippen LogP contribution in [-0.2, 0) is 0 Å². The van der Waals surface area contributed by atoms with Gasteiger partial charge in [-0.25, -0.2) is 0 Å². The van der Waals surface area contributed by atoms with Crippen LogP contribution in [-0.4, -0.2) is 42.4 Å². The summed E-state index contributed by atoms with van der Waals surface area (Å²) in [7, 11) is 0. The molecule has 1 saturated heterocycles. The van der Waals surface area contributed by atoms with Crippen molar-refractivity contribution in [3.05, 3.63) is 30.3 Å². The number of aliphatic hydroxyl groups excluding tert-OH is 1. The molecule has 4 N–H and O–H groups in total. The van der Waals surface area contributed by atoms with E-state index in [2.05, 4.69) is 47.5 Å². The van der Waals surface area contributed by atoms with Gasteiger partial charge >= 0.3 is 0 Å². The van der Waals surface area contributed by atoms with Crippen LogP contribution in [0.1, 0.15) is 33.1 Å². The van der Waals surface area contributed by atoms with Gasteiger partial charge in [-0.1, -0.05) is 18.2 Å². The normalized spacial score (nSPS) is 21.0. The van der Waals surface area contributed by atoms with Gasteiger partial charge in [0, 0.05) is 36.9 Å². The molecule has 1 aliphatic heterocycles. The Morgan fingerprint density at radius 3 is 2.38 bits per heavy atom. The van der Waals surface area contributed by atoms with Crippen LogP contribution >= 0.6 is 0 Å². The molecule has 1 aliphatic rings. The molecule has 1 heterocycles. The maximum absolute atomic E-state index is 9.52. The van der Waals surface area contributed by atoms with Crippen LogP contribution in [0.15, 0.2) is 30.3 Å². The second-order valence-corrected chi connectivity index (χ2v) is 6.44. The van der Waals surface area contributed by atoms with Crippen molar-refractivity contribution >= 4 is 5.69 Å². The van der Waals surface area contributed by atoms with E-state index in [-0.39, 0.29) is 17.7 Å². The first-order valence-corrected chi connectivity index (χ1v) is 8.00. The maximum Gasteiger partial charge on any atom is 0.0526 e. The molecule has 2 unspecified atom stereocenters. The lowest BCUT2D eigenvalue weighted by molar-refractivity contribution is 0.152. The number of anilines is 1. The van der Waals surface area contributed by atoms with Crippen LogP contribution in [0.5, 0.6) is 0 Å². The monoisotopic (exact) mass is 291 g/mol. The van der Waals surface area contributed by atoms with E-state index in [1.54, 1.807) is 0 Å². The van der Waals surface area contributed by atoms with Crippen LogP contribution in [0, 0.1) is 0 Å². The summed E-state index contributed by atoms with van der Waals surface area (Å²) in [6, 6.07) is 10.8. The van der Waals surface area contributed by atoms with Crippen molar-refractivity contribution < 1.29 is 5.11 Å². The van der Waals surface area contributed by atoms with Crippen molar-refractivity contribution in [1.29, 1.82) is 0 Å². The summed E-state index contributed by atoms with van der Waals surface area (Å²) in [5, 5.41) is 13.2. The number of nitrogens with zero attached hydrogens (tertiary/aromatic N) is 1. The highest BCUT2D eigenvalue weighted by atomic mass is 16.3. The fourth-order valence-corrected chi connectivity index (χ4v) is 3.33. The number of benzene rings is 1. The molecular formula is C17H29N3O. The number of hydrogen-bond acceptors (Lipinski definition) is 4. The highest BCUT2D eigenvalue weighted by Crippen LogP contribution is 2.26. The van der Waals surface area contributed by atoms with E-state index in [0.29, 0.717) is 6.54 Å². The van der Waals surface area contributed by atoms with Gasteiger partial charge < -0.3 is 21.1 Å². The van der Waals surface area contributed by atoms with Crippen LogP contribution < -0.4 is 16.0 Å². The van der Waals surface area contributed by atoms with E-state index < -0.39 is 0 Å². The Bertz CT molecular complexity index is 413. The lowest BCUT2D eigenvalue weighted by Gasteiger charge is -2.44. The molecule has 0 aliphatic carbocycles. The molecule has 2 atom stereocenters. The first-order chi connectivity index (χ1) is 10.0. The zero-order valence-corrected chi connectivity index (χ0v) is 13.3.